The van der Waals surface area contributed by atoms with Crippen molar-refractivity contribution in [1.29, 1.82) is 0 Å². The summed E-state index contributed by atoms with van der Waals surface area (Å²) in [6.07, 6.45) is 4.35. The van der Waals surface area contributed by atoms with E-state index < -0.39 is 0 Å². The van der Waals surface area contributed by atoms with Gasteiger partial charge in [-0.15, -0.1) is 24.8 Å². The molecule has 6 heteroatoms. The van der Waals surface area contributed by atoms with Gasteiger partial charge < -0.3 is 11.1 Å². The average molecular weight is 424 g/mol. The third-order valence-electron chi connectivity index (χ3n) is 5.18. The van der Waals surface area contributed by atoms with Crippen LogP contribution in [0.5, 0.6) is 0 Å². The largest absolute Gasteiger partial charge is 0.399 e. The van der Waals surface area contributed by atoms with Gasteiger partial charge in [-0.1, -0.05) is 42.8 Å². The van der Waals surface area contributed by atoms with Crippen LogP contribution in [0.15, 0.2) is 48.5 Å². The fourth-order valence-corrected chi connectivity index (χ4v) is 3.47. The number of carbonyl (C=O) groups excluding carboxylic acids is 1. The summed E-state index contributed by atoms with van der Waals surface area (Å²) in [6, 6.07) is 16.7. The molecule has 154 valence electrons. The minimum absolute atomic E-state index is 0. The summed E-state index contributed by atoms with van der Waals surface area (Å²) in [6.45, 7) is 5.10. The Labute approximate surface area is 180 Å². The topological polar surface area (TPSA) is 58.4 Å². The third-order valence-corrected chi connectivity index (χ3v) is 5.18. The molecule has 1 fully saturated rings. The molecule has 1 amide bonds. The molecule has 3 rings (SSSR count). The smallest absolute Gasteiger partial charge is 0.224 e. The molecule has 0 spiro atoms. The molecule has 28 heavy (non-hydrogen) atoms. The molecule has 3 N–H and O–H groups in total. The summed E-state index contributed by atoms with van der Waals surface area (Å²) in [5, 5.41) is 2.99. The van der Waals surface area contributed by atoms with Gasteiger partial charge in [0.25, 0.3) is 0 Å². The van der Waals surface area contributed by atoms with Crippen LogP contribution in [0.4, 0.5) is 5.69 Å². The number of hydrogen-bond donors (Lipinski definition) is 2. The first-order chi connectivity index (χ1) is 12.6. The number of rotatable bonds is 6. The summed E-state index contributed by atoms with van der Waals surface area (Å²) in [7, 11) is 0. The van der Waals surface area contributed by atoms with E-state index in [2.05, 4.69) is 41.4 Å². The predicted molar refractivity (Wildman–Crippen MR) is 121 cm³/mol. The number of piperidine rings is 1. The lowest BCUT2D eigenvalue weighted by Crippen LogP contribution is -2.36. The Bertz CT molecular complexity index is 720. The first kappa shape index (κ1) is 24.3. The Kier molecular flexibility index (Phi) is 10.4. The van der Waals surface area contributed by atoms with Crippen LogP contribution in [0.25, 0.3) is 0 Å². The SMILES string of the molecule is CC1CCCCN1Cc1ccc(CNC(=O)Cc2ccc(N)cc2)cc1.Cl.Cl. The highest BCUT2D eigenvalue weighted by Crippen LogP contribution is 2.19. The quantitative estimate of drug-likeness (QED) is 0.678. The molecular formula is C22H31Cl2N3O. The molecule has 0 radical (unpaired) electrons. The Morgan fingerprint density at radius 2 is 1.61 bits per heavy atom. The van der Waals surface area contributed by atoms with E-state index in [1.807, 2.05) is 24.3 Å². The van der Waals surface area contributed by atoms with E-state index in [-0.39, 0.29) is 30.7 Å². The first-order valence-corrected chi connectivity index (χ1v) is 9.53. The van der Waals surface area contributed by atoms with Crippen LogP contribution in [-0.4, -0.2) is 23.4 Å². The van der Waals surface area contributed by atoms with Crippen LogP contribution in [0.2, 0.25) is 0 Å². The van der Waals surface area contributed by atoms with Gasteiger partial charge in [0, 0.05) is 24.8 Å². The minimum atomic E-state index is 0. The van der Waals surface area contributed by atoms with Crippen molar-refractivity contribution >= 4 is 36.4 Å². The van der Waals surface area contributed by atoms with Gasteiger partial charge in [-0.05, 0) is 55.1 Å². The number of nitrogens with one attached hydrogen (secondary N) is 1. The standard InChI is InChI=1S/C22H29N3O.2ClH/c1-17-4-2-3-13-25(17)16-20-7-5-19(6-8-20)15-24-22(26)14-18-9-11-21(23)12-10-18;;/h5-12,17H,2-4,13-16,23H2,1H3,(H,24,26);2*1H. The van der Waals surface area contributed by atoms with Crippen molar-refractivity contribution in [2.24, 2.45) is 0 Å². The third kappa shape index (κ3) is 7.34. The number of likely N-dealkylation sites (tertiary alicyclic amines) is 1. The lowest BCUT2D eigenvalue weighted by molar-refractivity contribution is -0.120. The Hall–Kier alpha value is -1.75. The van der Waals surface area contributed by atoms with Crippen LogP contribution in [0, 0.1) is 0 Å². The van der Waals surface area contributed by atoms with E-state index in [1.54, 1.807) is 0 Å². The second-order valence-electron chi connectivity index (χ2n) is 7.33. The Morgan fingerprint density at radius 3 is 2.25 bits per heavy atom. The monoisotopic (exact) mass is 423 g/mol. The van der Waals surface area contributed by atoms with Gasteiger partial charge in [0.15, 0.2) is 0 Å². The van der Waals surface area contributed by atoms with Crippen molar-refractivity contribution in [3.05, 3.63) is 65.2 Å². The highest BCUT2D eigenvalue weighted by molar-refractivity contribution is 5.85. The van der Waals surface area contributed by atoms with Crippen LogP contribution in [0.1, 0.15) is 42.9 Å². The maximum Gasteiger partial charge on any atom is 0.224 e. The predicted octanol–water partition coefficient (Wildman–Crippen LogP) is 4.35. The number of anilines is 1. The van der Waals surface area contributed by atoms with Gasteiger partial charge in [0.05, 0.1) is 6.42 Å². The van der Waals surface area contributed by atoms with Gasteiger partial charge >= 0.3 is 0 Å². The second kappa shape index (κ2) is 11.9. The molecule has 1 unspecified atom stereocenters. The molecule has 1 aliphatic heterocycles. The molecule has 4 nitrogen and oxygen atoms in total. The molecule has 1 aliphatic rings. The number of nitrogens with two attached hydrogens (primary N) is 1. The van der Waals surface area contributed by atoms with E-state index in [0.29, 0.717) is 24.7 Å². The second-order valence-corrected chi connectivity index (χ2v) is 7.33. The van der Waals surface area contributed by atoms with Crippen LogP contribution < -0.4 is 11.1 Å². The summed E-state index contributed by atoms with van der Waals surface area (Å²) in [5.41, 5.74) is 9.83. The Morgan fingerprint density at radius 1 is 1.00 bits per heavy atom. The molecule has 0 aromatic heterocycles. The highest BCUT2D eigenvalue weighted by atomic mass is 35.5. The molecule has 1 heterocycles. The molecule has 0 bridgehead atoms. The van der Waals surface area contributed by atoms with Crippen molar-refractivity contribution in [2.75, 3.05) is 12.3 Å². The van der Waals surface area contributed by atoms with E-state index in [4.69, 9.17) is 5.73 Å². The number of hydrogen-bond acceptors (Lipinski definition) is 3. The van der Waals surface area contributed by atoms with Crippen LogP contribution in [-0.2, 0) is 24.3 Å². The van der Waals surface area contributed by atoms with Gasteiger partial charge in [-0.25, -0.2) is 0 Å². The van der Waals surface area contributed by atoms with Crippen LogP contribution >= 0.6 is 24.8 Å². The maximum atomic E-state index is 12.1. The summed E-state index contributed by atoms with van der Waals surface area (Å²) < 4.78 is 0. The highest BCUT2D eigenvalue weighted by Gasteiger charge is 2.17. The van der Waals surface area contributed by atoms with Gasteiger partial charge in [-0.2, -0.15) is 0 Å². The molecule has 1 saturated heterocycles. The minimum Gasteiger partial charge on any atom is -0.399 e. The summed E-state index contributed by atoms with van der Waals surface area (Å²) in [4.78, 5) is 14.6. The zero-order chi connectivity index (χ0) is 18.4. The lowest BCUT2D eigenvalue weighted by atomic mass is 10.0. The lowest BCUT2D eigenvalue weighted by Gasteiger charge is -2.33. The van der Waals surface area contributed by atoms with Gasteiger partial charge in [0.2, 0.25) is 5.91 Å². The van der Waals surface area contributed by atoms with Crippen molar-refractivity contribution in [1.82, 2.24) is 10.2 Å². The number of nitrogen functional groups attached to an aromatic ring is 1. The van der Waals surface area contributed by atoms with Gasteiger partial charge in [-0.3, -0.25) is 9.69 Å². The zero-order valence-corrected chi connectivity index (χ0v) is 18.0. The van der Waals surface area contributed by atoms with E-state index in [0.717, 1.165) is 17.7 Å². The molecule has 0 saturated carbocycles. The molecule has 0 aliphatic carbocycles. The fourth-order valence-electron chi connectivity index (χ4n) is 3.47. The molecule has 2 aromatic carbocycles. The Balaban J connectivity index is 0.00000196. The number of benzene rings is 2. The fraction of sp³-hybridized carbons (Fsp3) is 0.409. The van der Waals surface area contributed by atoms with E-state index in [1.165, 1.54) is 31.4 Å². The normalized spacial score (nSPS) is 16.5. The van der Waals surface area contributed by atoms with Crippen molar-refractivity contribution in [2.45, 2.75) is 51.7 Å². The number of halogens is 2. The summed E-state index contributed by atoms with van der Waals surface area (Å²) in [5.74, 6) is 0.0287. The van der Waals surface area contributed by atoms with Crippen molar-refractivity contribution in [3.8, 4) is 0 Å². The average Bonchev–Trinajstić information content (AvgIpc) is 2.65. The van der Waals surface area contributed by atoms with E-state index in [9.17, 15) is 4.79 Å². The summed E-state index contributed by atoms with van der Waals surface area (Å²) >= 11 is 0. The maximum absolute atomic E-state index is 12.1. The zero-order valence-electron chi connectivity index (χ0n) is 16.4. The molecule has 1 atom stereocenters. The van der Waals surface area contributed by atoms with Gasteiger partial charge in [0.1, 0.15) is 0 Å². The molecule has 2 aromatic rings. The van der Waals surface area contributed by atoms with Crippen LogP contribution in [0.3, 0.4) is 0 Å². The number of amides is 1. The van der Waals surface area contributed by atoms with E-state index >= 15 is 0 Å². The first-order valence-electron chi connectivity index (χ1n) is 9.53. The number of nitrogens with zero attached hydrogens (tertiary/aromatic N) is 1. The molecular weight excluding hydrogens is 393 g/mol. The number of carbonyl (C=O) groups is 1. The van der Waals surface area contributed by atoms with Crippen molar-refractivity contribution in [3.63, 3.8) is 0 Å². The van der Waals surface area contributed by atoms with Crippen molar-refractivity contribution < 1.29 is 4.79 Å².